The van der Waals surface area contributed by atoms with Crippen LogP contribution in [0.25, 0.3) is 0 Å². The summed E-state index contributed by atoms with van der Waals surface area (Å²) in [5, 5.41) is 3.90. The Bertz CT molecular complexity index is 485. The Labute approximate surface area is 105 Å². The zero-order chi connectivity index (χ0) is 12.3. The zero-order valence-corrected chi connectivity index (χ0v) is 10.2. The zero-order valence-electron chi connectivity index (χ0n) is 9.48. The highest BCUT2D eigenvalue weighted by Crippen LogP contribution is 2.27. The Morgan fingerprint density at radius 2 is 2.41 bits per heavy atom. The number of hydrogen-bond acceptors (Lipinski definition) is 4. The molecular formula is C12H14ClN3O. The molecular weight excluding hydrogens is 238 g/mol. The SMILES string of the molecule is CCNC(c1ccoc1)c1cc(Cl)cnc1N. The molecule has 2 aromatic heterocycles. The highest BCUT2D eigenvalue weighted by atomic mass is 35.5. The van der Waals surface area contributed by atoms with E-state index < -0.39 is 0 Å². The second kappa shape index (κ2) is 5.21. The van der Waals surface area contributed by atoms with Crippen molar-refractivity contribution in [3.63, 3.8) is 0 Å². The number of halogens is 1. The van der Waals surface area contributed by atoms with Gasteiger partial charge in [0.05, 0.1) is 23.6 Å². The summed E-state index contributed by atoms with van der Waals surface area (Å²) in [5.74, 6) is 0.474. The summed E-state index contributed by atoms with van der Waals surface area (Å²) in [6, 6.07) is 3.67. The Morgan fingerprint density at radius 3 is 3.06 bits per heavy atom. The smallest absolute Gasteiger partial charge is 0.128 e. The van der Waals surface area contributed by atoms with E-state index in [-0.39, 0.29) is 6.04 Å². The maximum absolute atomic E-state index is 5.95. The quantitative estimate of drug-likeness (QED) is 0.877. The van der Waals surface area contributed by atoms with Crippen molar-refractivity contribution in [2.24, 2.45) is 0 Å². The van der Waals surface area contributed by atoms with Crippen molar-refractivity contribution in [1.82, 2.24) is 10.3 Å². The van der Waals surface area contributed by atoms with Crippen LogP contribution in [0.15, 0.2) is 35.3 Å². The van der Waals surface area contributed by atoms with Crippen LogP contribution in [0, 0.1) is 0 Å². The lowest BCUT2D eigenvalue weighted by Gasteiger charge is -2.18. The average molecular weight is 252 g/mol. The summed E-state index contributed by atoms with van der Waals surface area (Å²) in [7, 11) is 0. The normalized spacial score (nSPS) is 12.6. The molecule has 0 radical (unpaired) electrons. The van der Waals surface area contributed by atoms with Crippen molar-refractivity contribution in [3.8, 4) is 0 Å². The van der Waals surface area contributed by atoms with E-state index in [1.54, 1.807) is 18.7 Å². The van der Waals surface area contributed by atoms with Crippen LogP contribution in [0.3, 0.4) is 0 Å². The minimum absolute atomic E-state index is 0.0510. The molecule has 2 rings (SSSR count). The molecule has 0 fully saturated rings. The van der Waals surface area contributed by atoms with Gasteiger partial charge in [0.1, 0.15) is 5.82 Å². The van der Waals surface area contributed by atoms with Crippen molar-refractivity contribution in [1.29, 1.82) is 0 Å². The summed E-state index contributed by atoms with van der Waals surface area (Å²) >= 11 is 5.95. The van der Waals surface area contributed by atoms with Crippen molar-refractivity contribution in [2.75, 3.05) is 12.3 Å². The first kappa shape index (κ1) is 12.0. The lowest BCUT2D eigenvalue weighted by atomic mass is 10.0. The lowest BCUT2D eigenvalue weighted by Crippen LogP contribution is -2.22. The monoisotopic (exact) mass is 251 g/mol. The third-order valence-electron chi connectivity index (χ3n) is 2.51. The van der Waals surface area contributed by atoms with Gasteiger partial charge in [-0.15, -0.1) is 0 Å². The second-order valence-electron chi connectivity index (χ2n) is 3.68. The maximum atomic E-state index is 5.95. The van der Waals surface area contributed by atoms with Crippen molar-refractivity contribution in [2.45, 2.75) is 13.0 Å². The predicted molar refractivity (Wildman–Crippen MR) is 67.9 cm³/mol. The number of rotatable bonds is 4. The van der Waals surface area contributed by atoms with Crippen LogP contribution in [0.1, 0.15) is 24.1 Å². The van der Waals surface area contributed by atoms with Crippen molar-refractivity contribution in [3.05, 3.63) is 47.0 Å². The van der Waals surface area contributed by atoms with Gasteiger partial charge in [-0.25, -0.2) is 4.98 Å². The molecule has 17 heavy (non-hydrogen) atoms. The van der Waals surface area contributed by atoms with Gasteiger partial charge in [-0.05, 0) is 18.7 Å². The molecule has 0 spiro atoms. The Balaban J connectivity index is 2.42. The first-order chi connectivity index (χ1) is 8.22. The second-order valence-corrected chi connectivity index (χ2v) is 4.11. The molecule has 1 atom stereocenters. The number of furan rings is 1. The van der Waals surface area contributed by atoms with Crippen LogP contribution in [0.2, 0.25) is 5.02 Å². The molecule has 0 amide bonds. The summed E-state index contributed by atoms with van der Waals surface area (Å²) in [4.78, 5) is 4.07. The summed E-state index contributed by atoms with van der Waals surface area (Å²) in [5.41, 5.74) is 7.75. The molecule has 0 saturated carbocycles. The van der Waals surface area contributed by atoms with E-state index in [1.165, 1.54) is 0 Å². The van der Waals surface area contributed by atoms with E-state index in [9.17, 15) is 0 Å². The number of anilines is 1. The van der Waals surface area contributed by atoms with Crippen LogP contribution in [0.4, 0.5) is 5.82 Å². The van der Waals surface area contributed by atoms with Gasteiger partial charge in [0.15, 0.2) is 0 Å². The Hall–Kier alpha value is -1.52. The molecule has 0 bridgehead atoms. The van der Waals surface area contributed by atoms with Crippen molar-refractivity contribution < 1.29 is 4.42 Å². The fraction of sp³-hybridized carbons (Fsp3) is 0.250. The maximum Gasteiger partial charge on any atom is 0.128 e. The van der Waals surface area contributed by atoms with Crippen LogP contribution >= 0.6 is 11.6 Å². The van der Waals surface area contributed by atoms with Gasteiger partial charge >= 0.3 is 0 Å². The topological polar surface area (TPSA) is 64.1 Å². The van der Waals surface area contributed by atoms with Gasteiger partial charge < -0.3 is 15.5 Å². The lowest BCUT2D eigenvalue weighted by molar-refractivity contribution is 0.553. The predicted octanol–water partition coefficient (Wildman–Crippen LogP) is 2.61. The molecule has 0 aromatic carbocycles. The minimum atomic E-state index is -0.0510. The molecule has 1 unspecified atom stereocenters. The third kappa shape index (κ3) is 2.60. The number of nitrogens with two attached hydrogens (primary N) is 1. The average Bonchev–Trinajstić information content (AvgIpc) is 2.83. The summed E-state index contributed by atoms with van der Waals surface area (Å²) in [6.07, 6.45) is 4.86. The molecule has 0 aliphatic carbocycles. The van der Waals surface area contributed by atoms with Gasteiger partial charge in [-0.2, -0.15) is 0 Å². The number of nitrogens with zero attached hydrogens (tertiary/aromatic N) is 1. The molecule has 0 aliphatic rings. The fourth-order valence-corrected chi connectivity index (χ4v) is 1.91. The number of hydrogen-bond donors (Lipinski definition) is 2. The van der Waals surface area contributed by atoms with E-state index in [4.69, 9.17) is 21.8 Å². The molecule has 90 valence electrons. The third-order valence-corrected chi connectivity index (χ3v) is 2.72. The first-order valence-corrected chi connectivity index (χ1v) is 5.76. The Morgan fingerprint density at radius 1 is 1.59 bits per heavy atom. The minimum Gasteiger partial charge on any atom is -0.472 e. The summed E-state index contributed by atoms with van der Waals surface area (Å²) < 4.78 is 5.10. The van der Waals surface area contributed by atoms with E-state index >= 15 is 0 Å². The Kier molecular flexibility index (Phi) is 3.66. The van der Waals surface area contributed by atoms with Gasteiger partial charge in [-0.3, -0.25) is 0 Å². The van der Waals surface area contributed by atoms with E-state index in [2.05, 4.69) is 10.3 Å². The molecule has 2 aromatic rings. The van der Waals surface area contributed by atoms with Crippen LogP contribution in [-0.2, 0) is 0 Å². The van der Waals surface area contributed by atoms with Gasteiger partial charge in [-0.1, -0.05) is 18.5 Å². The van der Waals surface area contributed by atoms with Crippen LogP contribution < -0.4 is 11.1 Å². The number of nitrogen functional groups attached to an aromatic ring is 1. The van der Waals surface area contributed by atoms with Gasteiger partial charge in [0.2, 0.25) is 0 Å². The number of aromatic nitrogens is 1. The molecule has 5 heteroatoms. The highest BCUT2D eigenvalue weighted by molar-refractivity contribution is 6.30. The van der Waals surface area contributed by atoms with Gasteiger partial charge in [0, 0.05) is 17.3 Å². The first-order valence-electron chi connectivity index (χ1n) is 5.38. The fourth-order valence-electron chi connectivity index (χ4n) is 1.75. The van der Waals surface area contributed by atoms with Crippen LogP contribution in [-0.4, -0.2) is 11.5 Å². The van der Waals surface area contributed by atoms with E-state index in [1.807, 2.05) is 19.1 Å². The number of pyridine rings is 1. The van der Waals surface area contributed by atoms with E-state index in [0.29, 0.717) is 10.8 Å². The largest absolute Gasteiger partial charge is 0.472 e. The molecule has 2 heterocycles. The highest BCUT2D eigenvalue weighted by Gasteiger charge is 2.17. The number of nitrogens with one attached hydrogen (secondary N) is 1. The molecule has 3 N–H and O–H groups in total. The van der Waals surface area contributed by atoms with Crippen LogP contribution in [0.5, 0.6) is 0 Å². The molecule has 0 saturated heterocycles. The summed E-state index contributed by atoms with van der Waals surface area (Å²) in [6.45, 7) is 2.84. The standard InChI is InChI=1S/C12H14ClN3O/c1-2-15-11(8-3-4-17-7-8)10-5-9(13)6-16-12(10)14/h3-7,11,15H,2H2,1H3,(H2,14,16). The van der Waals surface area contributed by atoms with Crippen molar-refractivity contribution >= 4 is 17.4 Å². The van der Waals surface area contributed by atoms with Gasteiger partial charge in [0.25, 0.3) is 0 Å². The molecule has 4 nitrogen and oxygen atoms in total. The van der Waals surface area contributed by atoms with E-state index in [0.717, 1.165) is 17.7 Å². The molecule has 0 aliphatic heterocycles.